The van der Waals surface area contributed by atoms with Crippen LogP contribution in [-0.2, 0) is 0 Å². The molecule has 0 N–H and O–H groups in total. The van der Waals surface area contributed by atoms with Gasteiger partial charge in [-0.25, -0.2) is 0 Å². The summed E-state index contributed by atoms with van der Waals surface area (Å²) >= 11 is 5.79. The van der Waals surface area contributed by atoms with Gasteiger partial charge in [0.05, 0.1) is 11.9 Å². The highest BCUT2D eigenvalue weighted by Gasteiger charge is 2.05. The molecule has 0 saturated carbocycles. The number of halogens is 1. The highest BCUT2D eigenvalue weighted by atomic mass is 35.5. The molecule has 1 aromatic heterocycles. The Balaban J connectivity index is 2.75. The Bertz CT molecular complexity index is 272. The van der Waals surface area contributed by atoms with Crippen molar-refractivity contribution in [2.45, 2.75) is 26.7 Å². The van der Waals surface area contributed by atoms with E-state index in [1.807, 2.05) is 6.07 Å². The third-order valence-corrected chi connectivity index (χ3v) is 2.15. The van der Waals surface area contributed by atoms with Gasteiger partial charge in [-0.3, -0.25) is 0 Å². The van der Waals surface area contributed by atoms with Gasteiger partial charge in [0.1, 0.15) is 0 Å². The summed E-state index contributed by atoms with van der Waals surface area (Å²) in [7, 11) is 0. The number of aromatic nitrogens is 2. The molecule has 1 heterocycles. The van der Waals surface area contributed by atoms with Crippen molar-refractivity contribution < 1.29 is 0 Å². The quantitative estimate of drug-likeness (QED) is 0.753. The van der Waals surface area contributed by atoms with Crippen LogP contribution >= 0.6 is 11.6 Å². The van der Waals surface area contributed by atoms with Gasteiger partial charge in [0.15, 0.2) is 5.15 Å². The van der Waals surface area contributed by atoms with Crippen molar-refractivity contribution in [2.24, 2.45) is 0 Å². The van der Waals surface area contributed by atoms with Gasteiger partial charge < -0.3 is 4.90 Å². The molecule has 0 amide bonds. The van der Waals surface area contributed by atoms with E-state index < -0.39 is 0 Å². The highest BCUT2D eigenvalue weighted by Crippen LogP contribution is 2.16. The number of hydrogen-bond acceptors (Lipinski definition) is 3. The molecule has 0 radical (unpaired) electrons. The molecule has 14 heavy (non-hydrogen) atoms. The zero-order valence-corrected chi connectivity index (χ0v) is 9.46. The molecule has 1 rings (SSSR count). The zero-order chi connectivity index (χ0) is 10.4. The lowest BCUT2D eigenvalue weighted by atomic mass is 10.3. The number of nitrogens with zero attached hydrogens (tertiary/aromatic N) is 3. The Hall–Kier alpha value is -0.830. The van der Waals surface area contributed by atoms with E-state index in [1.165, 1.54) is 0 Å². The fourth-order valence-electron chi connectivity index (χ4n) is 1.41. The minimum atomic E-state index is 0.458. The predicted octanol–water partition coefficient (Wildman–Crippen LogP) is 2.76. The normalized spacial score (nSPS) is 10.2. The largest absolute Gasteiger partial charge is 0.370 e. The second-order valence-corrected chi connectivity index (χ2v) is 3.61. The monoisotopic (exact) mass is 213 g/mol. The lowest BCUT2D eigenvalue weighted by molar-refractivity contribution is 0.741. The van der Waals surface area contributed by atoms with Crippen LogP contribution in [0.5, 0.6) is 0 Å². The van der Waals surface area contributed by atoms with Crippen LogP contribution in [-0.4, -0.2) is 23.3 Å². The second-order valence-electron chi connectivity index (χ2n) is 3.22. The van der Waals surface area contributed by atoms with E-state index in [0.717, 1.165) is 31.6 Å². The first-order chi connectivity index (χ1) is 6.77. The van der Waals surface area contributed by atoms with E-state index in [0.29, 0.717) is 5.15 Å². The van der Waals surface area contributed by atoms with Crippen molar-refractivity contribution in [1.29, 1.82) is 0 Å². The molecular weight excluding hydrogens is 198 g/mol. The fourth-order valence-corrected chi connectivity index (χ4v) is 1.57. The minimum Gasteiger partial charge on any atom is -0.370 e. The zero-order valence-electron chi connectivity index (χ0n) is 8.70. The Morgan fingerprint density at radius 3 is 2.43 bits per heavy atom. The van der Waals surface area contributed by atoms with Crippen LogP contribution in [0.25, 0.3) is 0 Å². The minimum absolute atomic E-state index is 0.458. The molecule has 0 aliphatic heterocycles. The molecule has 4 heteroatoms. The first-order valence-electron chi connectivity index (χ1n) is 5.01. The van der Waals surface area contributed by atoms with Crippen molar-refractivity contribution in [2.75, 3.05) is 18.0 Å². The summed E-state index contributed by atoms with van der Waals surface area (Å²) in [5.74, 6) is 0. The summed E-state index contributed by atoms with van der Waals surface area (Å²) < 4.78 is 0. The Kier molecular flexibility index (Phi) is 4.66. The van der Waals surface area contributed by atoms with Crippen LogP contribution in [0.15, 0.2) is 12.3 Å². The molecule has 0 atom stereocenters. The molecule has 1 aromatic rings. The van der Waals surface area contributed by atoms with Crippen molar-refractivity contribution >= 4 is 17.3 Å². The molecule has 0 fully saturated rings. The van der Waals surface area contributed by atoms with E-state index in [-0.39, 0.29) is 0 Å². The summed E-state index contributed by atoms with van der Waals surface area (Å²) in [5, 5.41) is 8.04. The molecule has 0 unspecified atom stereocenters. The SMILES string of the molecule is CCCN(CCC)c1cnnc(Cl)c1. The van der Waals surface area contributed by atoms with Crippen LogP contribution in [0.4, 0.5) is 5.69 Å². The molecule has 0 aromatic carbocycles. The summed E-state index contributed by atoms with van der Waals surface area (Å²) in [6.45, 7) is 6.41. The van der Waals surface area contributed by atoms with Crippen molar-refractivity contribution in [3.05, 3.63) is 17.4 Å². The lowest BCUT2D eigenvalue weighted by Gasteiger charge is -2.22. The molecule has 0 bridgehead atoms. The average molecular weight is 214 g/mol. The molecule has 78 valence electrons. The van der Waals surface area contributed by atoms with Gasteiger partial charge in [0.2, 0.25) is 0 Å². The van der Waals surface area contributed by atoms with Gasteiger partial charge >= 0.3 is 0 Å². The van der Waals surface area contributed by atoms with Crippen LogP contribution in [0.3, 0.4) is 0 Å². The molecular formula is C10H16ClN3. The number of hydrogen-bond donors (Lipinski definition) is 0. The van der Waals surface area contributed by atoms with E-state index in [2.05, 4.69) is 28.9 Å². The average Bonchev–Trinajstić information content (AvgIpc) is 2.17. The highest BCUT2D eigenvalue weighted by molar-refractivity contribution is 6.29. The number of rotatable bonds is 5. The van der Waals surface area contributed by atoms with E-state index in [4.69, 9.17) is 11.6 Å². The lowest BCUT2D eigenvalue weighted by Crippen LogP contribution is -2.25. The van der Waals surface area contributed by atoms with Crippen LogP contribution < -0.4 is 4.90 Å². The maximum atomic E-state index is 5.79. The van der Waals surface area contributed by atoms with Crippen molar-refractivity contribution in [3.63, 3.8) is 0 Å². The van der Waals surface area contributed by atoms with Gasteiger partial charge in [-0.05, 0) is 12.8 Å². The maximum absolute atomic E-state index is 5.79. The van der Waals surface area contributed by atoms with Crippen molar-refractivity contribution in [3.8, 4) is 0 Å². The summed E-state index contributed by atoms with van der Waals surface area (Å²) in [6, 6.07) is 1.86. The van der Waals surface area contributed by atoms with Crippen molar-refractivity contribution in [1.82, 2.24) is 10.2 Å². The number of anilines is 1. The molecule has 0 saturated heterocycles. The Morgan fingerprint density at radius 1 is 1.29 bits per heavy atom. The summed E-state index contributed by atoms with van der Waals surface area (Å²) in [4.78, 5) is 2.28. The van der Waals surface area contributed by atoms with Crippen LogP contribution in [0.1, 0.15) is 26.7 Å². The third kappa shape index (κ3) is 3.14. The van der Waals surface area contributed by atoms with Gasteiger partial charge in [-0.1, -0.05) is 25.4 Å². The topological polar surface area (TPSA) is 29.0 Å². The van der Waals surface area contributed by atoms with E-state index >= 15 is 0 Å². The molecule has 0 aliphatic rings. The van der Waals surface area contributed by atoms with Gasteiger partial charge in [0, 0.05) is 19.2 Å². The first kappa shape index (κ1) is 11.2. The van der Waals surface area contributed by atoms with Gasteiger partial charge in [-0.15, -0.1) is 5.10 Å². The Labute approximate surface area is 90.1 Å². The predicted molar refractivity (Wildman–Crippen MR) is 59.8 cm³/mol. The Morgan fingerprint density at radius 2 is 1.93 bits per heavy atom. The van der Waals surface area contributed by atoms with Gasteiger partial charge in [-0.2, -0.15) is 5.10 Å². The summed E-state index contributed by atoms with van der Waals surface area (Å²) in [6.07, 6.45) is 4.01. The third-order valence-electron chi connectivity index (χ3n) is 1.96. The maximum Gasteiger partial charge on any atom is 0.153 e. The smallest absolute Gasteiger partial charge is 0.153 e. The van der Waals surface area contributed by atoms with Crippen LogP contribution in [0, 0.1) is 0 Å². The van der Waals surface area contributed by atoms with E-state index in [1.54, 1.807) is 6.20 Å². The molecule has 0 aliphatic carbocycles. The fraction of sp³-hybridized carbons (Fsp3) is 0.600. The second kappa shape index (κ2) is 5.81. The standard InChI is InChI=1S/C10H16ClN3/c1-3-5-14(6-4-2)9-7-10(11)13-12-8-9/h7-8H,3-6H2,1-2H3. The van der Waals surface area contributed by atoms with E-state index in [9.17, 15) is 0 Å². The molecule has 3 nitrogen and oxygen atoms in total. The summed E-state index contributed by atoms with van der Waals surface area (Å²) in [5.41, 5.74) is 1.06. The van der Waals surface area contributed by atoms with Crippen LogP contribution in [0.2, 0.25) is 5.15 Å². The van der Waals surface area contributed by atoms with Gasteiger partial charge in [0.25, 0.3) is 0 Å². The molecule has 0 spiro atoms. The first-order valence-corrected chi connectivity index (χ1v) is 5.39.